The van der Waals surface area contributed by atoms with Gasteiger partial charge in [0.25, 0.3) is 0 Å². The Labute approximate surface area is 127 Å². The van der Waals surface area contributed by atoms with Crippen molar-refractivity contribution in [3.63, 3.8) is 0 Å². The highest BCUT2D eigenvalue weighted by Crippen LogP contribution is 2.08. The van der Waals surface area contributed by atoms with Crippen molar-refractivity contribution in [3.05, 3.63) is 41.4 Å². The fourth-order valence-electron chi connectivity index (χ4n) is 1.93. The smallest absolute Gasteiger partial charge is 0.240 e. The van der Waals surface area contributed by atoms with Crippen molar-refractivity contribution < 1.29 is 9.90 Å². The summed E-state index contributed by atoms with van der Waals surface area (Å²) in [5, 5.41) is 19.7. The molecule has 1 aromatic heterocycles. The molecule has 1 amide bonds. The molecule has 0 saturated carbocycles. The van der Waals surface area contributed by atoms with Crippen molar-refractivity contribution in [2.45, 2.75) is 6.42 Å². The molecule has 1 aromatic carbocycles. The van der Waals surface area contributed by atoms with Gasteiger partial charge in [-0.15, -0.1) is 10.2 Å². The average molecular weight is 306 g/mol. The molecule has 0 aliphatic rings. The van der Waals surface area contributed by atoms with Crippen LogP contribution >= 0.6 is 11.3 Å². The molecule has 2 aromatic rings. The van der Waals surface area contributed by atoms with E-state index in [0.29, 0.717) is 18.2 Å². The number of aliphatic hydroxyl groups excluding tert-OH is 1. The van der Waals surface area contributed by atoms with Gasteiger partial charge in [-0.25, -0.2) is 0 Å². The first kappa shape index (κ1) is 15.6. The van der Waals surface area contributed by atoms with Crippen molar-refractivity contribution in [1.82, 2.24) is 15.1 Å². The van der Waals surface area contributed by atoms with E-state index in [-0.39, 0.29) is 19.1 Å². The van der Waals surface area contributed by atoms with Crippen LogP contribution in [-0.2, 0) is 11.2 Å². The molecule has 1 heterocycles. The number of amides is 1. The van der Waals surface area contributed by atoms with Crippen LogP contribution in [0.25, 0.3) is 0 Å². The minimum absolute atomic E-state index is 0.0286. The van der Waals surface area contributed by atoms with E-state index < -0.39 is 0 Å². The van der Waals surface area contributed by atoms with Crippen LogP contribution in [0.2, 0.25) is 0 Å². The molecular weight excluding hydrogens is 288 g/mol. The molecule has 2 N–H and O–H groups in total. The Morgan fingerprint density at radius 2 is 2.10 bits per heavy atom. The molecule has 112 valence electrons. The zero-order valence-corrected chi connectivity index (χ0v) is 12.4. The zero-order valence-electron chi connectivity index (χ0n) is 11.6. The minimum atomic E-state index is -0.145. The van der Waals surface area contributed by atoms with Gasteiger partial charge in [0, 0.05) is 13.1 Å². The molecule has 0 bridgehead atoms. The van der Waals surface area contributed by atoms with Crippen LogP contribution in [0, 0.1) is 0 Å². The van der Waals surface area contributed by atoms with Gasteiger partial charge >= 0.3 is 0 Å². The summed E-state index contributed by atoms with van der Waals surface area (Å²) in [7, 11) is 0. The fourth-order valence-corrected chi connectivity index (χ4v) is 2.39. The SMILES string of the molecule is O=C(CN(CCO)CCc1ccccc1)Nc1nncs1. The number of hydrogen-bond donors (Lipinski definition) is 2. The predicted molar refractivity (Wildman–Crippen MR) is 82.2 cm³/mol. The van der Waals surface area contributed by atoms with Gasteiger partial charge in [-0.1, -0.05) is 41.7 Å². The first-order valence-corrected chi connectivity index (χ1v) is 7.59. The number of benzene rings is 1. The van der Waals surface area contributed by atoms with Crippen LogP contribution < -0.4 is 5.32 Å². The van der Waals surface area contributed by atoms with Gasteiger partial charge in [-0.2, -0.15) is 0 Å². The van der Waals surface area contributed by atoms with Gasteiger partial charge in [0.2, 0.25) is 11.0 Å². The zero-order chi connectivity index (χ0) is 14.9. The van der Waals surface area contributed by atoms with Gasteiger partial charge in [0.1, 0.15) is 5.51 Å². The lowest BCUT2D eigenvalue weighted by Crippen LogP contribution is -2.36. The average Bonchev–Trinajstić information content (AvgIpc) is 2.99. The van der Waals surface area contributed by atoms with Gasteiger partial charge < -0.3 is 5.11 Å². The van der Waals surface area contributed by atoms with Gasteiger partial charge in [-0.05, 0) is 12.0 Å². The van der Waals surface area contributed by atoms with Crippen molar-refractivity contribution in [2.24, 2.45) is 0 Å². The molecule has 0 unspecified atom stereocenters. The molecule has 21 heavy (non-hydrogen) atoms. The lowest BCUT2D eigenvalue weighted by atomic mass is 10.1. The highest BCUT2D eigenvalue weighted by atomic mass is 32.1. The van der Waals surface area contributed by atoms with Crippen molar-refractivity contribution >= 4 is 22.4 Å². The van der Waals surface area contributed by atoms with Gasteiger partial charge in [-0.3, -0.25) is 15.0 Å². The maximum atomic E-state index is 11.9. The van der Waals surface area contributed by atoms with Crippen LogP contribution in [0.4, 0.5) is 5.13 Å². The minimum Gasteiger partial charge on any atom is -0.395 e. The second-order valence-electron chi connectivity index (χ2n) is 4.53. The van der Waals surface area contributed by atoms with Crippen LogP contribution in [0.5, 0.6) is 0 Å². The molecule has 0 radical (unpaired) electrons. The van der Waals surface area contributed by atoms with E-state index in [1.54, 1.807) is 5.51 Å². The standard InChI is InChI=1S/C14H18N4O2S/c19-9-8-18(7-6-12-4-2-1-3-5-12)10-13(20)16-14-17-15-11-21-14/h1-5,11,19H,6-10H2,(H,16,17,20). The summed E-state index contributed by atoms with van der Waals surface area (Å²) in [4.78, 5) is 13.8. The quantitative estimate of drug-likeness (QED) is 0.761. The number of nitrogens with one attached hydrogen (secondary N) is 1. The third-order valence-corrected chi connectivity index (χ3v) is 3.56. The highest BCUT2D eigenvalue weighted by molar-refractivity contribution is 7.13. The number of carbonyl (C=O) groups excluding carboxylic acids is 1. The summed E-state index contributed by atoms with van der Waals surface area (Å²) in [6, 6.07) is 10.1. The molecule has 6 nitrogen and oxygen atoms in total. The maximum Gasteiger partial charge on any atom is 0.240 e. The van der Waals surface area contributed by atoms with Crippen LogP contribution in [0.3, 0.4) is 0 Å². The normalized spacial score (nSPS) is 10.8. The van der Waals surface area contributed by atoms with Crippen molar-refractivity contribution in [2.75, 3.05) is 31.6 Å². The maximum absolute atomic E-state index is 11.9. The van der Waals surface area contributed by atoms with Crippen LogP contribution in [-0.4, -0.2) is 52.4 Å². The van der Waals surface area contributed by atoms with Crippen molar-refractivity contribution in [1.29, 1.82) is 0 Å². The summed E-state index contributed by atoms with van der Waals surface area (Å²) in [6.45, 7) is 1.44. The molecule has 0 aliphatic heterocycles. The van der Waals surface area contributed by atoms with Crippen LogP contribution in [0.1, 0.15) is 5.56 Å². The van der Waals surface area contributed by atoms with E-state index in [9.17, 15) is 4.79 Å². The number of aliphatic hydroxyl groups is 1. The summed E-state index contributed by atoms with van der Waals surface area (Å²) >= 11 is 1.28. The molecule has 7 heteroatoms. The predicted octanol–water partition coefficient (Wildman–Crippen LogP) is 1.01. The molecular formula is C14H18N4O2S. The second-order valence-corrected chi connectivity index (χ2v) is 5.36. The number of carbonyl (C=O) groups is 1. The number of aromatic nitrogens is 2. The molecule has 0 spiro atoms. The summed E-state index contributed by atoms with van der Waals surface area (Å²) < 4.78 is 0. The number of nitrogens with zero attached hydrogens (tertiary/aromatic N) is 3. The number of rotatable bonds is 8. The summed E-state index contributed by atoms with van der Waals surface area (Å²) in [6.07, 6.45) is 0.840. The van der Waals surface area contributed by atoms with E-state index in [1.165, 1.54) is 16.9 Å². The Morgan fingerprint density at radius 3 is 2.76 bits per heavy atom. The number of anilines is 1. The first-order chi connectivity index (χ1) is 10.3. The Morgan fingerprint density at radius 1 is 1.29 bits per heavy atom. The third-order valence-electron chi connectivity index (χ3n) is 2.95. The Hall–Kier alpha value is -1.83. The third kappa shape index (κ3) is 5.58. The highest BCUT2D eigenvalue weighted by Gasteiger charge is 2.11. The molecule has 0 fully saturated rings. The molecule has 0 atom stereocenters. The monoisotopic (exact) mass is 306 g/mol. The lowest BCUT2D eigenvalue weighted by molar-refractivity contribution is -0.117. The van der Waals surface area contributed by atoms with Gasteiger partial charge in [0.15, 0.2) is 0 Å². The van der Waals surface area contributed by atoms with Crippen molar-refractivity contribution in [3.8, 4) is 0 Å². The van der Waals surface area contributed by atoms with Gasteiger partial charge in [0.05, 0.1) is 13.2 Å². The molecule has 2 rings (SSSR count). The fraction of sp³-hybridized carbons (Fsp3) is 0.357. The van der Waals surface area contributed by atoms with E-state index in [1.807, 2.05) is 23.1 Å². The topological polar surface area (TPSA) is 78.4 Å². The summed E-state index contributed by atoms with van der Waals surface area (Å²) in [5.74, 6) is -0.145. The molecule has 0 aliphatic carbocycles. The summed E-state index contributed by atoms with van der Waals surface area (Å²) in [5.41, 5.74) is 2.78. The van der Waals surface area contributed by atoms with E-state index in [4.69, 9.17) is 5.11 Å². The number of hydrogen-bond acceptors (Lipinski definition) is 6. The Kier molecular flexibility index (Phi) is 6.26. The van der Waals surface area contributed by atoms with E-state index in [0.717, 1.165) is 6.42 Å². The Balaban J connectivity index is 1.82. The first-order valence-electron chi connectivity index (χ1n) is 6.71. The van der Waals surface area contributed by atoms with E-state index >= 15 is 0 Å². The van der Waals surface area contributed by atoms with E-state index in [2.05, 4.69) is 27.6 Å². The second kappa shape index (κ2) is 8.46. The Bertz CT molecular complexity index is 533. The largest absolute Gasteiger partial charge is 0.395 e. The lowest BCUT2D eigenvalue weighted by Gasteiger charge is -2.20. The molecule has 0 saturated heterocycles. The van der Waals surface area contributed by atoms with Crippen LogP contribution in [0.15, 0.2) is 35.8 Å².